The lowest BCUT2D eigenvalue weighted by atomic mass is 9.90. The smallest absolute Gasteiger partial charge is 0.228 e. The largest absolute Gasteiger partial charge is 0.496 e. The van der Waals surface area contributed by atoms with Crippen LogP contribution in [0.2, 0.25) is 0 Å². The SMILES string of the molecule is COc1cc(Nc2nccc(-c3ccc(OC4CCOCC4)c(C#N)c3)n2)ncc1C1CCN(C)CC1. The van der Waals surface area contributed by atoms with Crippen molar-refractivity contribution in [2.45, 2.75) is 37.7 Å². The van der Waals surface area contributed by atoms with Crippen molar-refractivity contribution < 1.29 is 14.2 Å². The molecule has 0 spiro atoms. The van der Waals surface area contributed by atoms with Gasteiger partial charge in [-0.05, 0) is 63.2 Å². The van der Waals surface area contributed by atoms with Gasteiger partial charge in [-0.2, -0.15) is 5.26 Å². The molecule has 2 aliphatic rings. The highest BCUT2D eigenvalue weighted by molar-refractivity contribution is 5.65. The van der Waals surface area contributed by atoms with E-state index in [4.69, 9.17) is 14.2 Å². The zero-order chi connectivity index (χ0) is 25.6. The molecule has 37 heavy (non-hydrogen) atoms. The molecule has 0 saturated carbocycles. The van der Waals surface area contributed by atoms with Crippen LogP contribution in [0.1, 0.15) is 42.7 Å². The molecule has 0 atom stereocenters. The highest BCUT2D eigenvalue weighted by Gasteiger charge is 2.22. The number of pyridine rings is 1. The lowest BCUT2D eigenvalue weighted by molar-refractivity contribution is 0.0254. The first-order valence-corrected chi connectivity index (χ1v) is 12.7. The molecule has 3 aromatic rings. The number of anilines is 2. The molecule has 2 aromatic heterocycles. The Morgan fingerprint density at radius 3 is 2.62 bits per heavy atom. The molecule has 5 rings (SSSR count). The summed E-state index contributed by atoms with van der Waals surface area (Å²) in [5.74, 6) is 2.89. The van der Waals surface area contributed by atoms with Crippen LogP contribution in [0.3, 0.4) is 0 Å². The highest BCUT2D eigenvalue weighted by atomic mass is 16.5. The average Bonchev–Trinajstić information content (AvgIpc) is 2.94. The molecule has 0 amide bonds. The number of benzene rings is 1. The molecule has 1 aromatic carbocycles. The number of piperidine rings is 1. The van der Waals surface area contributed by atoms with Crippen molar-refractivity contribution in [1.82, 2.24) is 19.9 Å². The molecule has 2 aliphatic heterocycles. The van der Waals surface area contributed by atoms with Gasteiger partial charge in [0, 0.05) is 42.4 Å². The molecule has 192 valence electrons. The highest BCUT2D eigenvalue weighted by Crippen LogP contribution is 2.35. The molecule has 1 N–H and O–H groups in total. The second-order valence-electron chi connectivity index (χ2n) is 9.53. The van der Waals surface area contributed by atoms with E-state index in [0.717, 1.165) is 55.6 Å². The van der Waals surface area contributed by atoms with Crippen LogP contribution < -0.4 is 14.8 Å². The Morgan fingerprint density at radius 2 is 1.86 bits per heavy atom. The van der Waals surface area contributed by atoms with Gasteiger partial charge in [-0.3, -0.25) is 0 Å². The second-order valence-corrected chi connectivity index (χ2v) is 9.53. The number of ether oxygens (including phenoxy) is 3. The third kappa shape index (κ3) is 5.98. The van der Waals surface area contributed by atoms with Crippen LogP contribution in [-0.4, -0.2) is 66.4 Å². The Bertz CT molecular complexity index is 1260. The summed E-state index contributed by atoms with van der Waals surface area (Å²) in [6.45, 7) is 3.52. The number of methoxy groups -OCH3 is 1. The van der Waals surface area contributed by atoms with Gasteiger partial charge in [-0.15, -0.1) is 0 Å². The van der Waals surface area contributed by atoms with Gasteiger partial charge in [0.2, 0.25) is 5.95 Å². The van der Waals surface area contributed by atoms with E-state index >= 15 is 0 Å². The fourth-order valence-electron chi connectivity index (χ4n) is 4.87. The Balaban J connectivity index is 1.32. The van der Waals surface area contributed by atoms with Crippen molar-refractivity contribution in [3.8, 4) is 28.8 Å². The van der Waals surface area contributed by atoms with Crippen LogP contribution in [0.4, 0.5) is 11.8 Å². The van der Waals surface area contributed by atoms with Gasteiger partial charge in [0.1, 0.15) is 29.5 Å². The number of aromatic nitrogens is 3. The summed E-state index contributed by atoms with van der Waals surface area (Å²) in [4.78, 5) is 16.0. The molecule has 4 heterocycles. The summed E-state index contributed by atoms with van der Waals surface area (Å²) in [7, 11) is 3.85. The predicted octanol–water partition coefficient (Wildman–Crippen LogP) is 4.53. The van der Waals surface area contributed by atoms with E-state index in [1.165, 1.54) is 0 Å². The van der Waals surface area contributed by atoms with Crippen molar-refractivity contribution in [1.29, 1.82) is 5.26 Å². The van der Waals surface area contributed by atoms with E-state index in [1.54, 1.807) is 19.4 Å². The fraction of sp³-hybridized carbons (Fsp3) is 0.429. The number of hydrogen-bond donors (Lipinski definition) is 1. The first kappa shape index (κ1) is 24.9. The minimum absolute atomic E-state index is 0.0666. The maximum absolute atomic E-state index is 9.73. The summed E-state index contributed by atoms with van der Waals surface area (Å²) in [6, 6.07) is 11.5. The second kappa shape index (κ2) is 11.5. The van der Waals surface area contributed by atoms with E-state index in [0.29, 0.717) is 47.9 Å². The van der Waals surface area contributed by atoms with E-state index < -0.39 is 0 Å². The number of rotatable bonds is 7. The lowest BCUT2D eigenvalue weighted by Crippen LogP contribution is -2.29. The number of nitriles is 1. The van der Waals surface area contributed by atoms with E-state index in [-0.39, 0.29) is 6.10 Å². The van der Waals surface area contributed by atoms with Gasteiger partial charge in [0.15, 0.2) is 0 Å². The Kier molecular flexibility index (Phi) is 7.78. The van der Waals surface area contributed by atoms with Crippen molar-refractivity contribution >= 4 is 11.8 Å². The summed E-state index contributed by atoms with van der Waals surface area (Å²) >= 11 is 0. The van der Waals surface area contributed by atoms with Crippen LogP contribution in [0, 0.1) is 11.3 Å². The summed E-state index contributed by atoms with van der Waals surface area (Å²) in [6.07, 6.45) is 7.49. The molecule has 0 radical (unpaired) electrons. The molecule has 0 aliphatic carbocycles. The van der Waals surface area contributed by atoms with Crippen molar-refractivity contribution in [3.63, 3.8) is 0 Å². The molecule has 2 fully saturated rings. The lowest BCUT2D eigenvalue weighted by Gasteiger charge is -2.29. The minimum Gasteiger partial charge on any atom is -0.496 e. The van der Waals surface area contributed by atoms with E-state index in [2.05, 4.69) is 38.3 Å². The van der Waals surface area contributed by atoms with Gasteiger partial charge in [-0.1, -0.05) is 0 Å². The molecule has 2 saturated heterocycles. The van der Waals surface area contributed by atoms with Gasteiger partial charge in [0.25, 0.3) is 0 Å². The summed E-state index contributed by atoms with van der Waals surface area (Å²) in [5.41, 5.74) is 3.13. The molecule has 9 nitrogen and oxygen atoms in total. The number of likely N-dealkylation sites (tertiary alicyclic amines) is 1. The number of nitrogens with one attached hydrogen (secondary N) is 1. The number of nitrogens with zero attached hydrogens (tertiary/aromatic N) is 5. The molecular weight excluding hydrogens is 468 g/mol. The maximum Gasteiger partial charge on any atom is 0.228 e. The third-order valence-corrected chi connectivity index (χ3v) is 7.03. The van der Waals surface area contributed by atoms with Gasteiger partial charge < -0.3 is 24.4 Å². The zero-order valence-electron chi connectivity index (χ0n) is 21.3. The Morgan fingerprint density at radius 1 is 1.05 bits per heavy atom. The predicted molar refractivity (Wildman–Crippen MR) is 140 cm³/mol. The first-order chi connectivity index (χ1) is 18.1. The van der Waals surface area contributed by atoms with Gasteiger partial charge in [0.05, 0.1) is 31.6 Å². The van der Waals surface area contributed by atoms with E-state index in [1.807, 2.05) is 30.5 Å². The van der Waals surface area contributed by atoms with Crippen LogP contribution >= 0.6 is 0 Å². The zero-order valence-corrected chi connectivity index (χ0v) is 21.3. The summed E-state index contributed by atoms with van der Waals surface area (Å²) < 4.78 is 17.2. The van der Waals surface area contributed by atoms with Crippen molar-refractivity contribution in [2.75, 3.05) is 45.8 Å². The van der Waals surface area contributed by atoms with Crippen LogP contribution in [0.5, 0.6) is 11.5 Å². The molecule has 0 bridgehead atoms. The maximum atomic E-state index is 9.73. The fourth-order valence-corrected chi connectivity index (χ4v) is 4.87. The Labute approximate surface area is 217 Å². The minimum atomic E-state index is 0.0666. The molecular formula is C28H32N6O3. The van der Waals surface area contributed by atoms with Crippen LogP contribution in [0.25, 0.3) is 11.3 Å². The van der Waals surface area contributed by atoms with Crippen molar-refractivity contribution in [2.24, 2.45) is 0 Å². The molecule has 0 unspecified atom stereocenters. The third-order valence-electron chi connectivity index (χ3n) is 7.03. The van der Waals surface area contributed by atoms with Gasteiger partial charge >= 0.3 is 0 Å². The Hall–Kier alpha value is -3.74. The topological polar surface area (TPSA) is 105 Å². The van der Waals surface area contributed by atoms with Crippen molar-refractivity contribution in [3.05, 3.63) is 53.9 Å². The molecule has 9 heteroatoms. The first-order valence-electron chi connectivity index (χ1n) is 12.7. The number of hydrogen-bond acceptors (Lipinski definition) is 9. The quantitative estimate of drug-likeness (QED) is 0.501. The summed E-state index contributed by atoms with van der Waals surface area (Å²) in [5, 5.41) is 12.9. The standard InChI is InChI=1S/C28H32N6O3/c1-34-11-6-19(7-12-34)23-18-31-27(16-26(23)35-2)33-28-30-10-5-24(32-28)20-3-4-25(21(15-20)17-29)37-22-8-13-36-14-9-22/h3-5,10,15-16,18-19,22H,6-9,11-14H2,1-2H3,(H,30,31,32,33). The average molecular weight is 501 g/mol. The van der Waals surface area contributed by atoms with E-state index in [9.17, 15) is 5.26 Å². The van der Waals surface area contributed by atoms with Crippen LogP contribution in [-0.2, 0) is 4.74 Å². The van der Waals surface area contributed by atoms with Crippen LogP contribution in [0.15, 0.2) is 42.7 Å². The normalized spacial score (nSPS) is 17.2. The van der Waals surface area contributed by atoms with Gasteiger partial charge in [-0.25, -0.2) is 15.0 Å². The monoisotopic (exact) mass is 500 g/mol.